The van der Waals surface area contributed by atoms with Crippen molar-refractivity contribution in [1.82, 2.24) is 10.2 Å². The molecule has 2 aliphatic rings. The largest absolute Gasteiger partial charge is 0.354 e. The van der Waals surface area contributed by atoms with E-state index in [9.17, 15) is 9.59 Å². The van der Waals surface area contributed by atoms with E-state index < -0.39 is 0 Å². The standard InChI is InChI=1S/C14H24N2O2S/c1-10(2)5-4-8-15-13(18)11-9-19-14(3)7-6-12(17)16(11)14/h10-11H,4-9H2,1-3H3,(H,15,18). The Labute approximate surface area is 119 Å². The third-order valence-corrected chi connectivity index (χ3v) is 5.51. The molecule has 2 unspecified atom stereocenters. The van der Waals surface area contributed by atoms with E-state index in [-0.39, 0.29) is 22.7 Å². The van der Waals surface area contributed by atoms with Crippen molar-refractivity contribution < 1.29 is 9.59 Å². The van der Waals surface area contributed by atoms with Crippen molar-refractivity contribution in [2.45, 2.75) is 57.4 Å². The third kappa shape index (κ3) is 3.07. The lowest BCUT2D eigenvalue weighted by atomic mass is 10.1. The second kappa shape index (κ2) is 5.73. The van der Waals surface area contributed by atoms with Crippen LogP contribution in [-0.2, 0) is 9.59 Å². The summed E-state index contributed by atoms with van der Waals surface area (Å²) in [7, 11) is 0. The predicted octanol–water partition coefficient (Wildman–Crippen LogP) is 1.99. The molecule has 2 heterocycles. The molecule has 0 saturated carbocycles. The molecule has 0 aromatic carbocycles. The molecule has 2 amide bonds. The van der Waals surface area contributed by atoms with Gasteiger partial charge in [0.2, 0.25) is 11.8 Å². The summed E-state index contributed by atoms with van der Waals surface area (Å²) in [5, 5.41) is 2.98. The molecule has 0 aliphatic carbocycles. The topological polar surface area (TPSA) is 49.4 Å². The molecular weight excluding hydrogens is 260 g/mol. The number of carbonyl (C=O) groups is 2. The van der Waals surface area contributed by atoms with Gasteiger partial charge in [-0.25, -0.2) is 0 Å². The second-order valence-corrected chi connectivity index (χ2v) is 7.59. The van der Waals surface area contributed by atoms with E-state index in [2.05, 4.69) is 26.1 Å². The van der Waals surface area contributed by atoms with Crippen LogP contribution < -0.4 is 5.32 Å². The highest BCUT2D eigenvalue weighted by Gasteiger charge is 2.52. The van der Waals surface area contributed by atoms with Crippen LogP contribution in [0.5, 0.6) is 0 Å². The van der Waals surface area contributed by atoms with Crippen LogP contribution in [0.2, 0.25) is 0 Å². The fourth-order valence-electron chi connectivity index (χ4n) is 2.85. The minimum Gasteiger partial charge on any atom is -0.354 e. The first-order chi connectivity index (χ1) is 8.94. The van der Waals surface area contributed by atoms with Crippen LogP contribution in [0, 0.1) is 5.92 Å². The molecule has 1 N–H and O–H groups in total. The van der Waals surface area contributed by atoms with E-state index in [0.29, 0.717) is 12.3 Å². The van der Waals surface area contributed by atoms with Gasteiger partial charge in [-0.15, -0.1) is 11.8 Å². The van der Waals surface area contributed by atoms with Crippen LogP contribution in [0.1, 0.15) is 46.5 Å². The van der Waals surface area contributed by atoms with Gasteiger partial charge < -0.3 is 10.2 Å². The molecule has 0 spiro atoms. The number of hydrogen-bond donors (Lipinski definition) is 1. The Morgan fingerprint density at radius 2 is 2.32 bits per heavy atom. The molecule has 2 aliphatic heterocycles. The summed E-state index contributed by atoms with van der Waals surface area (Å²) in [5.74, 6) is 1.56. The lowest BCUT2D eigenvalue weighted by molar-refractivity contribution is -0.137. The molecular formula is C14H24N2O2S. The first-order valence-electron chi connectivity index (χ1n) is 7.18. The molecule has 2 fully saturated rings. The maximum atomic E-state index is 12.2. The van der Waals surface area contributed by atoms with E-state index in [1.165, 1.54) is 0 Å². The minimum atomic E-state index is -0.260. The highest BCUT2D eigenvalue weighted by Crippen LogP contribution is 2.47. The van der Waals surface area contributed by atoms with Crippen molar-refractivity contribution in [1.29, 1.82) is 0 Å². The predicted molar refractivity (Wildman–Crippen MR) is 77.8 cm³/mol. The molecule has 2 rings (SSSR count). The number of carbonyl (C=O) groups excluding carboxylic acids is 2. The van der Waals surface area contributed by atoms with Gasteiger partial charge in [0.15, 0.2) is 0 Å². The molecule has 0 aromatic heterocycles. The highest BCUT2D eigenvalue weighted by molar-refractivity contribution is 8.01. The van der Waals surface area contributed by atoms with Crippen LogP contribution >= 0.6 is 11.8 Å². The van der Waals surface area contributed by atoms with E-state index in [4.69, 9.17) is 0 Å². The van der Waals surface area contributed by atoms with Crippen molar-refractivity contribution in [2.24, 2.45) is 5.92 Å². The summed E-state index contributed by atoms with van der Waals surface area (Å²) in [4.78, 5) is 25.8. The number of hydrogen-bond acceptors (Lipinski definition) is 3. The first kappa shape index (κ1) is 14.7. The zero-order chi connectivity index (χ0) is 14.0. The van der Waals surface area contributed by atoms with Gasteiger partial charge in [-0.05, 0) is 32.1 Å². The van der Waals surface area contributed by atoms with Crippen molar-refractivity contribution in [3.8, 4) is 0 Å². The average Bonchev–Trinajstić information content (AvgIpc) is 2.82. The SMILES string of the molecule is CC(C)CCCNC(=O)C1CSC2(C)CCC(=O)N12. The van der Waals surface area contributed by atoms with Crippen LogP contribution in [0.15, 0.2) is 0 Å². The molecule has 4 nitrogen and oxygen atoms in total. The van der Waals surface area contributed by atoms with Gasteiger partial charge in [-0.1, -0.05) is 13.8 Å². The molecule has 5 heteroatoms. The Morgan fingerprint density at radius 1 is 1.58 bits per heavy atom. The number of rotatable bonds is 5. The van der Waals surface area contributed by atoms with E-state index >= 15 is 0 Å². The summed E-state index contributed by atoms with van der Waals surface area (Å²) in [6.45, 7) is 7.17. The summed E-state index contributed by atoms with van der Waals surface area (Å²) >= 11 is 1.74. The first-order valence-corrected chi connectivity index (χ1v) is 8.16. The van der Waals surface area contributed by atoms with Gasteiger partial charge >= 0.3 is 0 Å². The zero-order valence-corrected chi connectivity index (χ0v) is 12.9. The van der Waals surface area contributed by atoms with Gasteiger partial charge in [-0.2, -0.15) is 0 Å². The Hall–Kier alpha value is -0.710. The monoisotopic (exact) mass is 284 g/mol. The maximum absolute atomic E-state index is 12.2. The number of amides is 2. The molecule has 0 aromatic rings. The van der Waals surface area contributed by atoms with Crippen LogP contribution in [-0.4, -0.2) is 39.9 Å². The molecule has 2 saturated heterocycles. The maximum Gasteiger partial charge on any atom is 0.243 e. The Balaban J connectivity index is 1.85. The molecule has 19 heavy (non-hydrogen) atoms. The molecule has 108 valence electrons. The fourth-order valence-corrected chi connectivity index (χ4v) is 4.29. The van der Waals surface area contributed by atoms with Crippen molar-refractivity contribution in [3.63, 3.8) is 0 Å². The van der Waals surface area contributed by atoms with Gasteiger partial charge in [-0.3, -0.25) is 9.59 Å². The summed E-state index contributed by atoms with van der Waals surface area (Å²) in [6.07, 6.45) is 3.59. The molecule has 0 bridgehead atoms. The van der Waals surface area contributed by atoms with Crippen molar-refractivity contribution in [2.75, 3.05) is 12.3 Å². The number of nitrogens with one attached hydrogen (secondary N) is 1. The average molecular weight is 284 g/mol. The quantitative estimate of drug-likeness (QED) is 0.786. The Morgan fingerprint density at radius 3 is 3.00 bits per heavy atom. The molecule has 2 atom stereocenters. The van der Waals surface area contributed by atoms with Crippen molar-refractivity contribution >= 4 is 23.6 Å². The number of thioether (sulfide) groups is 1. The third-order valence-electron chi connectivity index (χ3n) is 4.00. The van der Waals surface area contributed by atoms with Gasteiger partial charge in [0.1, 0.15) is 6.04 Å². The van der Waals surface area contributed by atoms with Gasteiger partial charge in [0, 0.05) is 18.7 Å². The zero-order valence-electron chi connectivity index (χ0n) is 12.1. The second-order valence-electron chi connectivity index (χ2n) is 6.09. The van der Waals surface area contributed by atoms with Crippen LogP contribution in [0.25, 0.3) is 0 Å². The lowest BCUT2D eigenvalue weighted by Crippen LogP contribution is -2.50. The summed E-state index contributed by atoms with van der Waals surface area (Å²) in [5.41, 5.74) is 0. The minimum absolute atomic E-state index is 0.0234. The van der Waals surface area contributed by atoms with Crippen LogP contribution in [0.3, 0.4) is 0 Å². The van der Waals surface area contributed by atoms with Crippen LogP contribution in [0.4, 0.5) is 0 Å². The Kier molecular flexibility index (Phi) is 4.43. The van der Waals surface area contributed by atoms with Gasteiger partial charge in [0.05, 0.1) is 4.87 Å². The fraction of sp³-hybridized carbons (Fsp3) is 0.857. The lowest BCUT2D eigenvalue weighted by Gasteiger charge is -2.29. The number of fused-ring (bicyclic) bond motifs is 1. The summed E-state index contributed by atoms with van der Waals surface area (Å²) in [6, 6.07) is -0.260. The van der Waals surface area contributed by atoms with Crippen molar-refractivity contribution in [3.05, 3.63) is 0 Å². The van der Waals surface area contributed by atoms with E-state index in [0.717, 1.165) is 31.6 Å². The Bertz CT molecular complexity index is 372. The highest BCUT2D eigenvalue weighted by atomic mass is 32.2. The van der Waals surface area contributed by atoms with E-state index in [1.54, 1.807) is 11.8 Å². The molecule has 0 radical (unpaired) electrons. The number of nitrogens with zero attached hydrogens (tertiary/aromatic N) is 1. The smallest absolute Gasteiger partial charge is 0.243 e. The normalized spacial score (nSPS) is 30.0. The summed E-state index contributed by atoms with van der Waals surface area (Å²) < 4.78 is 0. The van der Waals surface area contributed by atoms with E-state index in [1.807, 2.05) is 4.90 Å². The van der Waals surface area contributed by atoms with Gasteiger partial charge in [0.25, 0.3) is 0 Å².